The molecule has 4 atom stereocenters. The van der Waals surface area contributed by atoms with Crippen LogP contribution in [-0.4, -0.2) is 53.4 Å². The molecule has 7 heteroatoms. The van der Waals surface area contributed by atoms with Gasteiger partial charge in [0.1, 0.15) is 24.6 Å². The van der Waals surface area contributed by atoms with Crippen molar-refractivity contribution in [1.29, 1.82) is 0 Å². The number of rotatable bonds is 5. The lowest BCUT2D eigenvalue weighted by Gasteiger charge is -2.31. The molecule has 2 aliphatic rings. The van der Waals surface area contributed by atoms with E-state index >= 15 is 0 Å². The summed E-state index contributed by atoms with van der Waals surface area (Å²) in [5, 5.41) is 20.6. The Morgan fingerprint density at radius 1 is 1.46 bits per heavy atom. The second kappa shape index (κ2) is 9.61. The number of carbonyl (C=O) groups is 3. The van der Waals surface area contributed by atoms with E-state index < -0.39 is 36.2 Å². The molecule has 0 saturated carbocycles. The first-order valence-corrected chi connectivity index (χ1v) is 9.18. The standard InChI is InChI=1S/C21H26O7/c1-4-12(2)20(25)28-19-17-13(3)21(26)27-16(17)10-14(11-23)6-5-7-15(8-9-22)18(19)24/h4,7,9-10,16-19,23-24H,3,5-6,8,11H2,1-2H3. The van der Waals surface area contributed by atoms with Crippen LogP contribution in [-0.2, 0) is 23.9 Å². The number of fused-ring (bicyclic) bond motifs is 1. The third-order valence-electron chi connectivity index (χ3n) is 5.10. The van der Waals surface area contributed by atoms with Gasteiger partial charge < -0.3 is 24.5 Å². The Kier molecular flexibility index (Phi) is 7.48. The number of aliphatic hydroxyl groups excluding tert-OH is 2. The highest BCUT2D eigenvalue weighted by Gasteiger charge is 2.47. The maximum atomic E-state index is 12.4. The second-order valence-corrected chi connectivity index (χ2v) is 6.88. The van der Waals surface area contributed by atoms with Crippen molar-refractivity contribution < 1.29 is 34.1 Å². The van der Waals surface area contributed by atoms with Gasteiger partial charge in [-0.2, -0.15) is 0 Å². The minimum Gasteiger partial charge on any atom is -0.455 e. The summed E-state index contributed by atoms with van der Waals surface area (Å²) < 4.78 is 10.9. The quantitative estimate of drug-likeness (QED) is 0.317. The summed E-state index contributed by atoms with van der Waals surface area (Å²) in [5.41, 5.74) is 1.44. The summed E-state index contributed by atoms with van der Waals surface area (Å²) in [6, 6.07) is 0. The highest BCUT2D eigenvalue weighted by molar-refractivity contribution is 5.92. The Labute approximate surface area is 164 Å². The van der Waals surface area contributed by atoms with Crippen LogP contribution in [0.5, 0.6) is 0 Å². The van der Waals surface area contributed by atoms with Gasteiger partial charge in [-0.15, -0.1) is 0 Å². The van der Waals surface area contributed by atoms with Gasteiger partial charge in [-0.3, -0.25) is 0 Å². The average molecular weight is 390 g/mol. The second-order valence-electron chi connectivity index (χ2n) is 6.88. The zero-order valence-corrected chi connectivity index (χ0v) is 16.1. The largest absolute Gasteiger partial charge is 0.455 e. The molecule has 2 rings (SSSR count). The lowest BCUT2D eigenvalue weighted by Crippen LogP contribution is -2.43. The summed E-state index contributed by atoms with van der Waals surface area (Å²) in [6.07, 6.45) is 3.13. The van der Waals surface area contributed by atoms with Crippen molar-refractivity contribution in [2.75, 3.05) is 6.61 Å². The zero-order valence-electron chi connectivity index (χ0n) is 16.1. The lowest BCUT2D eigenvalue weighted by molar-refractivity contribution is -0.153. The van der Waals surface area contributed by atoms with Gasteiger partial charge in [0.2, 0.25) is 0 Å². The van der Waals surface area contributed by atoms with E-state index in [2.05, 4.69) is 6.58 Å². The van der Waals surface area contributed by atoms with Crippen molar-refractivity contribution in [3.05, 3.63) is 47.1 Å². The smallest absolute Gasteiger partial charge is 0.334 e. The fourth-order valence-corrected chi connectivity index (χ4v) is 3.32. The van der Waals surface area contributed by atoms with Gasteiger partial charge in [0.25, 0.3) is 0 Å². The number of hydrogen-bond acceptors (Lipinski definition) is 7. The molecule has 0 aromatic heterocycles. The van der Waals surface area contributed by atoms with Crippen LogP contribution in [0.3, 0.4) is 0 Å². The maximum Gasteiger partial charge on any atom is 0.334 e. The van der Waals surface area contributed by atoms with Crippen molar-refractivity contribution in [3.8, 4) is 0 Å². The van der Waals surface area contributed by atoms with E-state index in [1.54, 1.807) is 32.1 Å². The van der Waals surface area contributed by atoms with Crippen molar-refractivity contribution in [1.82, 2.24) is 0 Å². The van der Waals surface area contributed by atoms with Crippen LogP contribution in [0.15, 0.2) is 47.1 Å². The van der Waals surface area contributed by atoms with Gasteiger partial charge in [-0.05, 0) is 43.9 Å². The number of carbonyl (C=O) groups excluding carboxylic acids is 3. The minimum absolute atomic E-state index is 0.0470. The van der Waals surface area contributed by atoms with E-state index in [1.165, 1.54) is 0 Å². The molecule has 152 valence electrons. The van der Waals surface area contributed by atoms with Crippen LogP contribution in [0, 0.1) is 5.92 Å². The fraction of sp³-hybridized carbons (Fsp3) is 0.476. The Morgan fingerprint density at radius 2 is 2.18 bits per heavy atom. The number of aldehydes is 1. The van der Waals surface area contributed by atoms with E-state index in [1.807, 2.05) is 0 Å². The zero-order chi connectivity index (χ0) is 20.8. The number of hydrogen-bond donors (Lipinski definition) is 2. The Hall–Kier alpha value is -2.51. The summed E-state index contributed by atoms with van der Waals surface area (Å²) in [5.74, 6) is -2.14. The molecule has 1 heterocycles. The molecule has 4 unspecified atom stereocenters. The first-order valence-electron chi connectivity index (χ1n) is 9.18. The first kappa shape index (κ1) is 21.8. The molecule has 28 heavy (non-hydrogen) atoms. The SMILES string of the molecule is C=C1C(=O)OC2C=C(CO)CCC=C(CC=O)C(O)C(OC(=O)C(C)=CC)C12. The molecule has 0 bridgehead atoms. The van der Waals surface area contributed by atoms with Gasteiger partial charge in [-0.1, -0.05) is 18.7 Å². The number of allylic oxidation sites excluding steroid dienone is 2. The molecule has 0 radical (unpaired) electrons. The average Bonchev–Trinajstić information content (AvgIpc) is 2.96. The molecular weight excluding hydrogens is 364 g/mol. The molecule has 1 aliphatic carbocycles. The molecule has 0 spiro atoms. The number of ether oxygens (including phenoxy) is 2. The van der Waals surface area contributed by atoms with Gasteiger partial charge in [0.15, 0.2) is 0 Å². The summed E-state index contributed by atoms with van der Waals surface area (Å²) in [7, 11) is 0. The van der Waals surface area contributed by atoms with E-state index in [0.717, 1.165) is 0 Å². The molecule has 0 amide bonds. The van der Waals surface area contributed by atoms with Crippen LogP contribution in [0.4, 0.5) is 0 Å². The molecule has 7 nitrogen and oxygen atoms in total. The van der Waals surface area contributed by atoms with Crippen molar-refractivity contribution in [2.24, 2.45) is 5.92 Å². The van der Waals surface area contributed by atoms with Crippen LogP contribution >= 0.6 is 0 Å². The van der Waals surface area contributed by atoms with Crippen molar-refractivity contribution >= 4 is 18.2 Å². The Bertz CT molecular complexity index is 744. The van der Waals surface area contributed by atoms with Gasteiger partial charge >= 0.3 is 11.9 Å². The minimum atomic E-state index is -1.30. The van der Waals surface area contributed by atoms with Crippen molar-refractivity contribution in [2.45, 2.75) is 51.4 Å². The topological polar surface area (TPSA) is 110 Å². The van der Waals surface area contributed by atoms with Gasteiger partial charge in [0, 0.05) is 17.6 Å². The number of aliphatic hydroxyl groups is 2. The van der Waals surface area contributed by atoms with E-state index in [0.29, 0.717) is 35.8 Å². The summed E-state index contributed by atoms with van der Waals surface area (Å²) in [4.78, 5) is 35.7. The molecule has 2 N–H and O–H groups in total. The predicted molar refractivity (Wildman–Crippen MR) is 101 cm³/mol. The molecule has 0 aromatic rings. The number of esters is 2. The van der Waals surface area contributed by atoms with Crippen LogP contribution in [0.1, 0.15) is 33.1 Å². The van der Waals surface area contributed by atoms with Gasteiger partial charge in [-0.25, -0.2) is 9.59 Å². The van der Waals surface area contributed by atoms with Crippen LogP contribution in [0.25, 0.3) is 0 Å². The highest BCUT2D eigenvalue weighted by atomic mass is 16.6. The van der Waals surface area contributed by atoms with E-state index in [-0.39, 0.29) is 18.6 Å². The molecular formula is C21H26O7. The van der Waals surface area contributed by atoms with E-state index in [4.69, 9.17) is 9.47 Å². The third-order valence-corrected chi connectivity index (χ3v) is 5.10. The molecule has 0 aromatic carbocycles. The van der Waals surface area contributed by atoms with E-state index in [9.17, 15) is 24.6 Å². The first-order chi connectivity index (χ1) is 13.3. The van der Waals surface area contributed by atoms with Crippen LogP contribution in [0.2, 0.25) is 0 Å². The molecule has 1 fully saturated rings. The summed E-state index contributed by atoms with van der Waals surface area (Å²) in [6.45, 7) is 6.78. The van der Waals surface area contributed by atoms with Crippen LogP contribution < -0.4 is 0 Å². The molecule has 1 aliphatic heterocycles. The Balaban J connectivity index is 2.54. The van der Waals surface area contributed by atoms with Crippen molar-refractivity contribution in [3.63, 3.8) is 0 Å². The highest BCUT2D eigenvalue weighted by Crippen LogP contribution is 2.37. The third kappa shape index (κ3) is 4.66. The fourth-order valence-electron chi connectivity index (χ4n) is 3.32. The summed E-state index contributed by atoms with van der Waals surface area (Å²) >= 11 is 0. The monoisotopic (exact) mass is 390 g/mol. The Morgan fingerprint density at radius 3 is 2.79 bits per heavy atom. The van der Waals surface area contributed by atoms with Gasteiger partial charge in [0.05, 0.1) is 12.5 Å². The maximum absolute atomic E-state index is 12.4. The lowest BCUT2D eigenvalue weighted by atomic mass is 9.83. The molecule has 1 saturated heterocycles. The predicted octanol–water partition coefficient (Wildman–Crippen LogP) is 1.55. The normalized spacial score (nSPS) is 28.6.